The van der Waals surface area contributed by atoms with Crippen molar-refractivity contribution in [1.82, 2.24) is 15.2 Å². The smallest absolute Gasteiger partial charge is 0.313 e. The monoisotopic (exact) mass is 443 g/mol. The van der Waals surface area contributed by atoms with Crippen LogP contribution in [0.3, 0.4) is 0 Å². The number of nitrogens with zero attached hydrogens (tertiary/aromatic N) is 2. The topological polar surface area (TPSA) is 88.6 Å². The maximum absolute atomic E-state index is 13.1. The predicted molar refractivity (Wildman–Crippen MR) is 119 cm³/mol. The molecule has 7 nitrogen and oxygen atoms in total. The standard InChI is InChI=1S/C23H29N3O4S/c1-26(14-19(27)24-16-9-10-16)21(28)15-30-22(29)23(11-5-2-6-12-23)13-20-25-17-7-3-4-8-18(17)31-20/h3-4,7-8,16H,2,5-6,9-15H2,1H3,(H,24,27). The molecule has 1 heterocycles. The molecule has 0 spiro atoms. The van der Waals surface area contributed by atoms with Gasteiger partial charge in [-0.3, -0.25) is 14.4 Å². The normalized spacial score (nSPS) is 17.8. The van der Waals surface area contributed by atoms with E-state index in [1.807, 2.05) is 24.3 Å². The minimum atomic E-state index is -0.631. The van der Waals surface area contributed by atoms with Crippen LogP contribution in [0.4, 0.5) is 0 Å². The molecule has 1 aromatic carbocycles. The van der Waals surface area contributed by atoms with Crippen LogP contribution in [0.2, 0.25) is 0 Å². The molecule has 2 amide bonds. The number of benzene rings is 1. The van der Waals surface area contributed by atoms with E-state index in [9.17, 15) is 14.4 Å². The molecule has 31 heavy (non-hydrogen) atoms. The van der Waals surface area contributed by atoms with Gasteiger partial charge in [-0.2, -0.15) is 0 Å². The zero-order valence-electron chi connectivity index (χ0n) is 17.9. The van der Waals surface area contributed by atoms with Crippen LogP contribution in [0.1, 0.15) is 50.0 Å². The summed E-state index contributed by atoms with van der Waals surface area (Å²) in [6, 6.07) is 8.22. The third kappa shape index (κ3) is 5.42. The van der Waals surface area contributed by atoms with E-state index in [4.69, 9.17) is 9.72 Å². The molecule has 166 valence electrons. The summed E-state index contributed by atoms with van der Waals surface area (Å²) < 4.78 is 6.61. The van der Waals surface area contributed by atoms with Crippen LogP contribution in [-0.2, 0) is 25.5 Å². The molecule has 0 unspecified atom stereocenters. The van der Waals surface area contributed by atoms with Crippen LogP contribution in [-0.4, -0.2) is 53.9 Å². The van der Waals surface area contributed by atoms with Gasteiger partial charge in [0.15, 0.2) is 6.61 Å². The molecule has 0 aliphatic heterocycles. The van der Waals surface area contributed by atoms with Gasteiger partial charge >= 0.3 is 5.97 Å². The average Bonchev–Trinajstić information content (AvgIpc) is 3.48. The number of aromatic nitrogens is 1. The highest BCUT2D eigenvalue weighted by Gasteiger charge is 2.42. The van der Waals surface area contributed by atoms with Crippen LogP contribution < -0.4 is 5.32 Å². The second-order valence-electron chi connectivity index (χ2n) is 8.76. The van der Waals surface area contributed by atoms with E-state index < -0.39 is 5.41 Å². The number of carbonyl (C=O) groups is 3. The number of amides is 2. The number of thiazole rings is 1. The molecule has 1 aromatic heterocycles. The van der Waals surface area contributed by atoms with Gasteiger partial charge in [-0.15, -0.1) is 11.3 Å². The number of fused-ring (bicyclic) bond motifs is 1. The fourth-order valence-electron chi connectivity index (χ4n) is 4.16. The van der Waals surface area contributed by atoms with E-state index in [-0.39, 0.29) is 37.0 Å². The van der Waals surface area contributed by atoms with E-state index in [1.54, 1.807) is 18.4 Å². The third-order valence-electron chi connectivity index (χ3n) is 6.15. The average molecular weight is 444 g/mol. The molecule has 4 rings (SSSR count). The van der Waals surface area contributed by atoms with E-state index >= 15 is 0 Å². The van der Waals surface area contributed by atoms with E-state index in [2.05, 4.69) is 5.32 Å². The number of hydrogen-bond donors (Lipinski definition) is 1. The van der Waals surface area contributed by atoms with Gasteiger partial charge in [-0.25, -0.2) is 4.98 Å². The van der Waals surface area contributed by atoms with Gasteiger partial charge in [-0.1, -0.05) is 31.4 Å². The molecule has 0 radical (unpaired) electrons. The zero-order valence-corrected chi connectivity index (χ0v) is 18.7. The van der Waals surface area contributed by atoms with Gasteiger partial charge in [-0.05, 0) is 37.8 Å². The molecule has 2 fully saturated rings. The maximum atomic E-state index is 13.1. The summed E-state index contributed by atoms with van der Waals surface area (Å²) in [5.41, 5.74) is 0.317. The van der Waals surface area contributed by atoms with Gasteiger partial charge in [0, 0.05) is 19.5 Å². The van der Waals surface area contributed by atoms with Gasteiger partial charge in [0.2, 0.25) is 5.91 Å². The van der Waals surface area contributed by atoms with Crippen LogP contribution in [0, 0.1) is 5.41 Å². The van der Waals surface area contributed by atoms with Crippen LogP contribution in [0.5, 0.6) is 0 Å². The Labute approximate surface area is 186 Å². The Morgan fingerprint density at radius 3 is 2.65 bits per heavy atom. The lowest BCUT2D eigenvalue weighted by Gasteiger charge is -2.34. The van der Waals surface area contributed by atoms with Gasteiger partial charge in [0.1, 0.15) is 0 Å². The minimum absolute atomic E-state index is 0.0241. The predicted octanol–water partition coefficient (Wildman–Crippen LogP) is 3.07. The second-order valence-corrected chi connectivity index (χ2v) is 9.88. The Hall–Kier alpha value is -2.48. The molecule has 1 N–H and O–H groups in total. The lowest BCUT2D eigenvalue weighted by molar-refractivity contribution is -0.163. The van der Waals surface area contributed by atoms with Crippen molar-refractivity contribution in [3.8, 4) is 0 Å². The number of ether oxygens (including phenoxy) is 1. The highest BCUT2D eigenvalue weighted by molar-refractivity contribution is 7.18. The maximum Gasteiger partial charge on any atom is 0.313 e. The molecule has 2 aromatic rings. The van der Waals surface area contributed by atoms with Crippen molar-refractivity contribution in [2.45, 2.75) is 57.4 Å². The van der Waals surface area contributed by atoms with Crippen molar-refractivity contribution in [2.75, 3.05) is 20.2 Å². The summed E-state index contributed by atoms with van der Waals surface area (Å²) in [6.45, 7) is -0.364. The molecule has 2 saturated carbocycles. The fourth-order valence-corrected chi connectivity index (χ4v) is 5.27. The number of esters is 1. The van der Waals surface area contributed by atoms with E-state index in [0.29, 0.717) is 6.42 Å². The highest BCUT2D eigenvalue weighted by Crippen LogP contribution is 2.41. The summed E-state index contributed by atoms with van der Waals surface area (Å²) in [7, 11) is 1.56. The first-order valence-corrected chi connectivity index (χ1v) is 11.8. The Balaban J connectivity index is 1.37. The largest absolute Gasteiger partial charge is 0.455 e. The second kappa shape index (κ2) is 9.34. The lowest BCUT2D eigenvalue weighted by Crippen LogP contribution is -2.42. The molecule has 0 bridgehead atoms. The van der Waals surface area contributed by atoms with Crippen molar-refractivity contribution >= 4 is 39.3 Å². The molecule has 2 aliphatic rings. The lowest BCUT2D eigenvalue weighted by atomic mass is 9.72. The zero-order chi connectivity index (χ0) is 21.8. The van der Waals surface area contributed by atoms with E-state index in [0.717, 1.165) is 60.2 Å². The molecule has 0 saturated heterocycles. The number of nitrogens with one attached hydrogen (secondary N) is 1. The van der Waals surface area contributed by atoms with Gasteiger partial charge in [0.25, 0.3) is 5.91 Å². The summed E-state index contributed by atoms with van der Waals surface area (Å²) in [5, 5.41) is 3.78. The molecular formula is C23H29N3O4S. The van der Waals surface area contributed by atoms with Gasteiger partial charge < -0.3 is 15.0 Å². The van der Waals surface area contributed by atoms with Crippen molar-refractivity contribution in [1.29, 1.82) is 0 Å². The summed E-state index contributed by atoms with van der Waals surface area (Å²) >= 11 is 1.61. The van der Waals surface area contributed by atoms with Gasteiger partial charge in [0.05, 0.1) is 27.2 Å². The Kier molecular flexibility index (Phi) is 6.55. The third-order valence-corrected chi connectivity index (χ3v) is 7.18. The number of rotatable bonds is 8. The number of para-hydroxylation sites is 1. The Morgan fingerprint density at radius 1 is 1.19 bits per heavy atom. The number of carbonyl (C=O) groups excluding carboxylic acids is 3. The Bertz CT molecular complexity index is 930. The van der Waals surface area contributed by atoms with Crippen LogP contribution in [0.15, 0.2) is 24.3 Å². The van der Waals surface area contributed by atoms with Crippen molar-refractivity contribution in [3.05, 3.63) is 29.3 Å². The first-order chi connectivity index (χ1) is 14.9. The van der Waals surface area contributed by atoms with Crippen molar-refractivity contribution < 1.29 is 19.1 Å². The summed E-state index contributed by atoms with van der Waals surface area (Å²) in [6.07, 6.45) is 7.07. The molecule has 2 aliphatic carbocycles. The number of likely N-dealkylation sites (N-methyl/N-ethyl adjacent to an activating group) is 1. The molecule has 8 heteroatoms. The minimum Gasteiger partial charge on any atom is -0.455 e. The first-order valence-electron chi connectivity index (χ1n) is 11.0. The van der Waals surface area contributed by atoms with Crippen molar-refractivity contribution in [2.24, 2.45) is 5.41 Å². The van der Waals surface area contributed by atoms with E-state index in [1.165, 1.54) is 4.90 Å². The molecular weight excluding hydrogens is 414 g/mol. The highest BCUT2D eigenvalue weighted by atomic mass is 32.1. The molecule has 0 atom stereocenters. The quantitative estimate of drug-likeness (QED) is 0.634. The summed E-state index contributed by atoms with van der Waals surface area (Å²) in [4.78, 5) is 43.5. The summed E-state index contributed by atoms with van der Waals surface area (Å²) in [5.74, 6) is -0.870. The number of hydrogen-bond acceptors (Lipinski definition) is 6. The van der Waals surface area contributed by atoms with Crippen LogP contribution >= 0.6 is 11.3 Å². The Morgan fingerprint density at radius 2 is 1.94 bits per heavy atom. The fraction of sp³-hybridized carbons (Fsp3) is 0.565. The van der Waals surface area contributed by atoms with Crippen LogP contribution in [0.25, 0.3) is 10.2 Å². The SMILES string of the molecule is CN(CC(=O)NC1CC1)C(=O)COC(=O)C1(Cc2nc3ccccc3s2)CCCCC1. The first kappa shape index (κ1) is 21.7. The van der Waals surface area contributed by atoms with Crippen molar-refractivity contribution in [3.63, 3.8) is 0 Å².